The monoisotopic (exact) mass is 154 g/mol. The molecule has 1 aliphatic heterocycles. The molecule has 1 saturated heterocycles. The molecule has 1 saturated carbocycles. The molecule has 1 heterocycles. The quantitative estimate of drug-likeness (QED) is 0.529. The molecule has 0 amide bonds. The van der Waals surface area contributed by atoms with Crippen LogP contribution in [0.4, 0.5) is 0 Å². The third-order valence-corrected chi connectivity index (χ3v) is 3.27. The van der Waals surface area contributed by atoms with Gasteiger partial charge in [0.05, 0.1) is 12.7 Å². The highest BCUT2D eigenvalue weighted by atomic mass is 16.6. The molecule has 1 atom stereocenters. The molecule has 0 aromatic heterocycles. The van der Waals surface area contributed by atoms with Crippen molar-refractivity contribution in [1.82, 2.24) is 0 Å². The molecule has 0 radical (unpaired) electrons. The molecule has 11 heavy (non-hydrogen) atoms. The van der Waals surface area contributed by atoms with Crippen LogP contribution in [0.25, 0.3) is 0 Å². The first-order valence-electron chi connectivity index (χ1n) is 4.79. The number of ether oxygens (including phenoxy) is 1. The van der Waals surface area contributed by atoms with Gasteiger partial charge in [0.25, 0.3) is 0 Å². The number of hydrogen-bond acceptors (Lipinski definition) is 1. The fourth-order valence-electron chi connectivity index (χ4n) is 2.12. The highest BCUT2D eigenvalue weighted by molar-refractivity contribution is 4.86. The summed E-state index contributed by atoms with van der Waals surface area (Å²) in [4.78, 5) is 0. The molecule has 0 spiro atoms. The molecule has 0 bridgehead atoms. The Labute approximate surface area is 69.1 Å². The van der Waals surface area contributed by atoms with Crippen LogP contribution in [0, 0.1) is 11.3 Å². The third-order valence-electron chi connectivity index (χ3n) is 3.27. The van der Waals surface area contributed by atoms with Crippen molar-refractivity contribution in [2.45, 2.75) is 45.6 Å². The van der Waals surface area contributed by atoms with Gasteiger partial charge >= 0.3 is 0 Å². The van der Waals surface area contributed by atoms with Gasteiger partial charge in [0, 0.05) is 0 Å². The lowest BCUT2D eigenvalue weighted by Gasteiger charge is -2.33. The number of hydrogen-bond donors (Lipinski definition) is 0. The Hall–Kier alpha value is -0.0400. The first-order valence-corrected chi connectivity index (χ1v) is 4.79. The smallest absolute Gasteiger partial charge is 0.0838 e. The molecule has 1 nitrogen and oxygen atoms in total. The van der Waals surface area contributed by atoms with Gasteiger partial charge in [-0.3, -0.25) is 0 Å². The van der Waals surface area contributed by atoms with E-state index in [2.05, 4.69) is 13.8 Å². The van der Waals surface area contributed by atoms with Gasteiger partial charge in [-0.1, -0.05) is 13.8 Å². The zero-order valence-electron chi connectivity index (χ0n) is 7.60. The molecule has 1 unspecified atom stereocenters. The zero-order chi connectivity index (χ0) is 7.90. The average molecular weight is 154 g/mol. The van der Waals surface area contributed by atoms with E-state index in [4.69, 9.17) is 4.74 Å². The largest absolute Gasteiger partial charge is 0.373 e. The number of epoxide rings is 1. The summed E-state index contributed by atoms with van der Waals surface area (Å²) in [5.41, 5.74) is 0.616. The lowest BCUT2D eigenvalue weighted by Crippen LogP contribution is -2.23. The Bertz CT molecular complexity index is 137. The Morgan fingerprint density at radius 3 is 2.18 bits per heavy atom. The van der Waals surface area contributed by atoms with E-state index in [1.165, 1.54) is 25.7 Å². The Balaban J connectivity index is 1.84. The topological polar surface area (TPSA) is 12.5 Å². The second-order valence-corrected chi connectivity index (χ2v) is 4.87. The standard InChI is InChI=1S/C10H18O/c1-10(2)5-3-8(4-6-10)9-7-11-9/h8-9H,3-7H2,1-2H3. The molecule has 0 aromatic carbocycles. The Morgan fingerprint density at radius 1 is 1.18 bits per heavy atom. The first kappa shape index (κ1) is 7.60. The second-order valence-electron chi connectivity index (χ2n) is 4.87. The lowest BCUT2D eigenvalue weighted by molar-refractivity contribution is 0.165. The van der Waals surface area contributed by atoms with E-state index in [0.717, 1.165) is 12.5 Å². The Morgan fingerprint density at radius 2 is 1.73 bits per heavy atom. The maximum absolute atomic E-state index is 5.32. The summed E-state index contributed by atoms with van der Waals surface area (Å²) in [7, 11) is 0. The van der Waals surface area contributed by atoms with Gasteiger partial charge in [-0.2, -0.15) is 0 Å². The van der Waals surface area contributed by atoms with Crippen molar-refractivity contribution in [2.24, 2.45) is 11.3 Å². The van der Waals surface area contributed by atoms with Crippen molar-refractivity contribution in [2.75, 3.05) is 6.61 Å². The molecule has 1 heteroatoms. The SMILES string of the molecule is CC1(C)CCC(C2CO2)CC1. The molecule has 2 aliphatic rings. The number of rotatable bonds is 1. The van der Waals surface area contributed by atoms with E-state index in [1.807, 2.05) is 0 Å². The molecule has 2 rings (SSSR count). The van der Waals surface area contributed by atoms with Crippen LogP contribution >= 0.6 is 0 Å². The lowest BCUT2D eigenvalue weighted by atomic mass is 9.72. The average Bonchev–Trinajstić information content (AvgIpc) is 2.70. The predicted molar refractivity (Wildman–Crippen MR) is 45.5 cm³/mol. The summed E-state index contributed by atoms with van der Waals surface area (Å²) in [5.74, 6) is 0.906. The summed E-state index contributed by atoms with van der Waals surface area (Å²) < 4.78 is 5.32. The Kier molecular flexibility index (Phi) is 1.71. The van der Waals surface area contributed by atoms with E-state index < -0.39 is 0 Å². The van der Waals surface area contributed by atoms with Crippen LogP contribution in [0.5, 0.6) is 0 Å². The van der Waals surface area contributed by atoms with Gasteiger partial charge < -0.3 is 4.74 Å². The summed E-state index contributed by atoms with van der Waals surface area (Å²) in [5, 5.41) is 0. The fraction of sp³-hybridized carbons (Fsp3) is 1.00. The van der Waals surface area contributed by atoms with Crippen molar-refractivity contribution in [3.8, 4) is 0 Å². The van der Waals surface area contributed by atoms with Crippen LogP contribution in [0.1, 0.15) is 39.5 Å². The van der Waals surface area contributed by atoms with Gasteiger partial charge in [0.15, 0.2) is 0 Å². The van der Waals surface area contributed by atoms with Crippen LogP contribution in [0.2, 0.25) is 0 Å². The molecule has 2 fully saturated rings. The summed E-state index contributed by atoms with van der Waals surface area (Å²) in [6.45, 7) is 5.82. The van der Waals surface area contributed by atoms with Crippen LogP contribution in [-0.2, 0) is 4.74 Å². The van der Waals surface area contributed by atoms with Crippen molar-refractivity contribution in [3.05, 3.63) is 0 Å². The van der Waals surface area contributed by atoms with Gasteiger partial charge in [-0.25, -0.2) is 0 Å². The summed E-state index contributed by atoms with van der Waals surface area (Å²) in [6, 6.07) is 0. The van der Waals surface area contributed by atoms with E-state index in [-0.39, 0.29) is 0 Å². The molecular formula is C10H18O. The molecular weight excluding hydrogens is 136 g/mol. The van der Waals surface area contributed by atoms with E-state index in [9.17, 15) is 0 Å². The highest BCUT2D eigenvalue weighted by Crippen LogP contribution is 2.41. The molecule has 0 N–H and O–H groups in total. The van der Waals surface area contributed by atoms with Gasteiger partial charge in [0.2, 0.25) is 0 Å². The van der Waals surface area contributed by atoms with Gasteiger partial charge in [-0.05, 0) is 37.0 Å². The zero-order valence-corrected chi connectivity index (χ0v) is 7.60. The minimum atomic E-state index is 0.616. The van der Waals surface area contributed by atoms with E-state index >= 15 is 0 Å². The minimum absolute atomic E-state index is 0.616. The van der Waals surface area contributed by atoms with Crippen molar-refractivity contribution in [1.29, 1.82) is 0 Å². The van der Waals surface area contributed by atoms with Crippen LogP contribution in [0.3, 0.4) is 0 Å². The van der Waals surface area contributed by atoms with Crippen molar-refractivity contribution >= 4 is 0 Å². The highest BCUT2D eigenvalue weighted by Gasteiger charge is 2.37. The van der Waals surface area contributed by atoms with Crippen molar-refractivity contribution < 1.29 is 4.74 Å². The second kappa shape index (κ2) is 2.48. The third kappa shape index (κ3) is 1.76. The molecule has 64 valence electrons. The maximum Gasteiger partial charge on any atom is 0.0838 e. The maximum atomic E-state index is 5.32. The first-order chi connectivity index (χ1) is 5.17. The minimum Gasteiger partial charge on any atom is -0.373 e. The van der Waals surface area contributed by atoms with E-state index in [0.29, 0.717) is 11.5 Å². The summed E-state index contributed by atoms with van der Waals surface area (Å²) >= 11 is 0. The van der Waals surface area contributed by atoms with E-state index in [1.54, 1.807) is 0 Å². The predicted octanol–water partition coefficient (Wildman–Crippen LogP) is 2.60. The van der Waals surface area contributed by atoms with Gasteiger partial charge in [-0.15, -0.1) is 0 Å². The normalized spacial score (nSPS) is 37.1. The molecule has 1 aliphatic carbocycles. The van der Waals surface area contributed by atoms with Gasteiger partial charge in [0.1, 0.15) is 0 Å². The van der Waals surface area contributed by atoms with Crippen LogP contribution < -0.4 is 0 Å². The fourth-order valence-corrected chi connectivity index (χ4v) is 2.12. The summed E-state index contributed by atoms with van der Waals surface area (Å²) in [6.07, 6.45) is 6.26. The van der Waals surface area contributed by atoms with Crippen LogP contribution in [0.15, 0.2) is 0 Å². The molecule has 0 aromatic rings. The van der Waals surface area contributed by atoms with Crippen molar-refractivity contribution in [3.63, 3.8) is 0 Å². The van der Waals surface area contributed by atoms with Crippen LogP contribution in [-0.4, -0.2) is 12.7 Å².